The first-order chi connectivity index (χ1) is 11.9. The SMILES string of the molecule is Cc1nnc(CN2CCC(COc3cccc(C(F)(F)F)n3)CC2)o1. The second-order valence-corrected chi connectivity index (χ2v) is 6.10. The molecule has 0 N–H and O–H groups in total. The summed E-state index contributed by atoms with van der Waals surface area (Å²) in [4.78, 5) is 5.73. The number of likely N-dealkylation sites (tertiary alicyclic amines) is 1. The Labute approximate surface area is 143 Å². The van der Waals surface area contributed by atoms with Crippen LogP contribution >= 0.6 is 0 Å². The van der Waals surface area contributed by atoms with Gasteiger partial charge in [-0.05, 0) is 37.9 Å². The average Bonchev–Trinajstić information content (AvgIpc) is 2.99. The van der Waals surface area contributed by atoms with E-state index < -0.39 is 11.9 Å². The zero-order valence-corrected chi connectivity index (χ0v) is 13.8. The lowest BCUT2D eigenvalue weighted by atomic mass is 9.98. The molecule has 1 saturated heterocycles. The fourth-order valence-corrected chi connectivity index (χ4v) is 2.76. The molecule has 2 aromatic heterocycles. The number of rotatable bonds is 5. The smallest absolute Gasteiger partial charge is 0.433 e. The number of pyridine rings is 1. The van der Waals surface area contributed by atoms with Crippen molar-refractivity contribution < 1.29 is 22.3 Å². The molecule has 136 valence electrons. The van der Waals surface area contributed by atoms with E-state index in [1.54, 1.807) is 6.92 Å². The second-order valence-electron chi connectivity index (χ2n) is 6.10. The maximum Gasteiger partial charge on any atom is 0.433 e. The molecule has 3 heterocycles. The third-order valence-electron chi connectivity index (χ3n) is 4.11. The first-order valence-electron chi connectivity index (χ1n) is 8.08. The standard InChI is InChI=1S/C16H19F3N4O2/c1-11-21-22-15(25-11)9-23-7-5-12(6-8-23)10-24-14-4-2-3-13(20-14)16(17,18)19/h2-4,12H,5-10H2,1H3. The normalized spacial score (nSPS) is 17.0. The molecule has 0 aliphatic carbocycles. The highest BCUT2D eigenvalue weighted by Gasteiger charge is 2.32. The van der Waals surface area contributed by atoms with Crippen LogP contribution in [0.15, 0.2) is 22.6 Å². The summed E-state index contributed by atoms with van der Waals surface area (Å²) in [5, 5.41) is 7.78. The van der Waals surface area contributed by atoms with Crippen LogP contribution in [-0.2, 0) is 12.7 Å². The fraction of sp³-hybridized carbons (Fsp3) is 0.562. The minimum Gasteiger partial charge on any atom is -0.477 e. The van der Waals surface area contributed by atoms with Gasteiger partial charge in [0.15, 0.2) is 0 Å². The topological polar surface area (TPSA) is 64.3 Å². The van der Waals surface area contributed by atoms with E-state index >= 15 is 0 Å². The van der Waals surface area contributed by atoms with Gasteiger partial charge in [0.2, 0.25) is 17.7 Å². The molecule has 9 heteroatoms. The van der Waals surface area contributed by atoms with Crippen molar-refractivity contribution in [1.29, 1.82) is 0 Å². The Bertz CT molecular complexity index is 697. The monoisotopic (exact) mass is 356 g/mol. The first-order valence-corrected chi connectivity index (χ1v) is 8.08. The summed E-state index contributed by atoms with van der Waals surface area (Å²) < 4.78 is 48.8. The lowest BCUT2D eigenvalue weighted by Gasteiger charge is -2.30. The van der Waals surface area contributed by atoms with Crippen LogP contribution in [0.5, 0.6) is 5.88 Å². The van der Waals surface area contributed by atoms with Gasteiger partial charge in [-0.15, -0.1) is 10.2 Å². The highest BCUT2D eigenvalue weighted by molar-refractivity contribution is 5.17. The Kier molecular flexibility index (Phi) is 5.22. The number of alkyl halides is 3. The molecule has 0 aromatic carbocycles. The zero-order chi connectivity index (χ0) is 17.9. The van der Waals surface area contributed by atoms with E-state index in [-0.39, 0.29) is 11.8 Å². The van der Waals surface area contributed by atoms with E-state index in [0.717, 1.165) is 32.0 Å². The van der Waals surface area contributed by atoms with E-state index in [0.29, 0.717) is 24.9 Å². The molecule has 0 amide bonds. The summed E-state index contributed by atoms with van der Waals surface area (Å²) in [5.74, 6) is 1.45. The number of halogens is 3. The molecule has 3 rings (SSSR count). The van der Waals surface area contributed by atoms with Crippen molar-refractivity contribution in [2.75, 3.05) is 19.7 Å². The zero-order valence-electron chi connectivity index (χ0n) is 13.8. The summed E-state index contributed by atoms with van der Waals surface area (Å²) in [7, 11) is 0. The molecule has 0 atom stereocenters. The van der Waals surface area contributed by atoms with Gasteiger partial charge in [0.1, 0.15) is 5.69 Å². The van der Waals surface area contributed by atoms with Crippen LogP contribution in [0.4, 0.5) is 13.2 Å². The minimum absolute atomic E-state index is 0.0126. The number of piperidine rings is 1. The van der Waals surface area contributed by atoms with Crippen LogP contribution in [0.25, 0.3) is 0 Å². The summed E-state index contributed by atoms with van der Waals surface area (Å²) in [6, 6.07) is 3.69. The second kappa shape index (κ2) is 7.38. The van der Waals surface area contributed by atoms with E-state index in [9.17, 15) is 13.2 Å². The average molecular weight is 356 g/mol. The van der Waals surface area contributed by atoms with Gasteiger partial charge in [0.05, 0.1) is 13.2 Å². The minimum atomic E-state index is -4.46. The lowest BCUT2D eigenvalue weighted by molar-refractivity contribution is -0.141. The molecule has 2 aromatic rings. The van der Waals surface area contributed by atoms with Crippen LogP contribution in [-0.4, -0.2) is 39.8 Å². The van der Waals surface area contributed by atoms with Gasteiger partial charge in [0.25, 0.3) is 0 Å². The van der Waals surface area contributed by atoms with Crippen molar-refractivity contribution in [1.82, 2.24) is 20.1 Å². The molecular weight excluding hydrogens is 337 g/mol. The van der Waals surface area contributed by atoms with Crippen molar-refractivity contribution in [2.45, 2.75) is 32.5 Å². The Hall–Kier alpha value is -2.16. The molecule has 1 aliphatic rings. The van der Waals surface area contributed by atoms with E-state index in [1.807, 2.05) is 0 Å². The summed E-state index contributed by atoms with van der Waals surface area (Å²) in [6.07, 6.45) is -2.67. The van der Waals surface area contributed by atoms with Gasteiger partial charge in [-0.3, -0.25) is 4.90 Å². The molecule has 0 radical (unpaired) electrons. The van der Waals surface area contributed by atoms with Crippen molar-refractivity contribution >= 4 is 0 Å². The van der Waals surface area contributed by atoms with E-state index in [4.69, 9.17) is 9.15 Å². The largest absolute Gasteiger partial charge is 0.477 e. The molecule has 0 unspecified atom stereocenters. The van der Waals surface area contributed by atoms with Crippen LogP contribution in [0, 0.1) is 12.8 Å². The van der Waals surface area contributed by atoms with Gasteiger partial charge in [-0.2, -0.15) is 13.2 Å². The van der Waals surface area contributed by atoms with Crippen molar-refractivity contribution in [2.24, 2.45) is 5.92 Å². The number of nitrogens with zero attached hydrogens (tertiary/aromatic N) is 4. The van der Waals surface area contributed by atoms with Crippen molar-refractivity contribution in [3.05, 3.63) is 35.7 Å². The Morgan fingerprint density at radius 1 is 1.24 bits per heavy atom. The highest BCUT2D eigenvalue weighted by Crippen LogP contribution is 2.29. The van der Waals surface area contributed by atoms with E-state index in [2.05, 4.69) is 20.1 Å². The predicted molar refractivity (Wildman–Crippen MR) is 81.8 cm³/mol. The highest BCUT2D eigenvalue weighted by atomic mass is 19.4. The van der Waals surface area contributed by atoms with Crippen LogP contribution in [0.2, 0.25) is 0 Å². The van der Waals surface area contributed by atoms with Gasteiger partial charge >= 0.3 is 6.18 Å². The van der Waals surface area contributed by atoms with Gasteiger partial charge < -0.3 is 9.15 Å². The number of aryl methyl sites for hydroxylation is 1. The predicted octanol–water partition coefficient (Wildman–Crippen LogP) is 3.08. The molecule has 1 fully saturated rings. The first kappa shape index (κ1) is 17.7. The van der Waals surface area contributed by atoms with Crippen LogP contribution < -0.4 is 4.74 Å². The summed E-state index contributed by atoms with van der Waals surface area (Å²) >= 11 is 0. The molecule has 6 nitrogen and oxygen atoms in total. The van der Waals surface area contributed by atoms with Crippen molar-refractivity contribution in [3.63, 3.8) is 0 Å². The summed E-state index contributed by atoms with van der Waals surface area (Å²) in [6.45, 7) is 4.43. The fourth-order valence-electron chi connectivity index (χ4n) is 2.76. The third kappa shape index (κ3) is 4.91. The third-order valence-corrected chi connectivity index (χ3v) is 4.11. The molecule has 1 aliphatic heterocycles. The molecule has 0 spiro atoms. The van der Waals surface area contributed by atoms with Gasteiger partial charge in [-0.25, -0.2) is 4.98 Å². The number of ether oxygens (including phenoxy) is 1. The molecule has 25 heavy (non-hydrogen) atoms. The lowest BCUT2D eigenvalue weighted by Crippen LogP contribution is -2.35. The molecule has 0 bridgehead atoms. The van der Waals surface area contributed by atoms with E-state index in [1.165, 1.54) is 12.1 Å². The Morgan fingerprint density at radius 2 is 2.00 bits per heavy atom. The number of hydrogen-bond acceptors (Lipinski definition) is 6. The maximum atomic E-state index is 12.6. The molecule has 0 saturated carbocycles. The maximum absolute atomic E-state index is 12.6. The van der Waals surface area contributed by atoms with Gasteiger partial charge in [0, 0.05) is 13.0 Å². The van der Waals surface area contributed by atoms with Crippen LogP contribution in [0.1, 0.15) is 30.3 Å². The number of hydrogen-bond donors (Lipinski definition) is 0. The quantitative estimate of drug-likeness (QED) is 0.820. The van der Waals surface area contributed by atoms with Gasteiger partial charge in [-0.1, -0.05) is 6.07 Å². The Balaban J connectivity index is 1.45. The summed E-state index contributed by atoms with van der Waals surface area (Å²) in [5.41, 5.74) is -0.935. The van der Waals surface area contributed by atoms with Crippen LogP contribution in [0.3, 0.4) is 0 Å². The number of aromatic nitrogens is 3. The van der Waals surface area contributed by atoms with Crippen molar-refractivity contribution in [3.8, 4) is 5.88 Å². The Morgan fingerprint density at radius 3 is 2.64 bits per heavy atom. The molecular formula is C16H19F3N4O2.